The minimum Gasteiger partial charge on any atom is -0.399 e. The minimum atomic E-state index is -0.564. The van der Waals surface area contributed by atoms with Crippen molar-refractivity contribution in [2.24, 2.45) is 0 Å². The molecule has 0 aliphatic heterocycles. The fraction of sp³-hybridized carbons (Fsp3) is 0.143. The highest BCUT2D eigenvalue weighted by molar-refractivity contribution is 9.39. The molecular formula is C14H10Br6N2. The maximum atomic E-state index is 5.99. The summed E-state index contributed by atoms with van der Waals surface area (Å²) in [6.07, 6.45) is 0. The summed E-state index contributed by atoms with van der Waals surface area (Å²) >= 11 is 21.5. The molecule has 0 bridgehead atoms. The predicted molar refractivity (Wildman–Crippen MR) is 118 cm³/mol. The van der Waals surface area contributed by atoms with Crippen LogP contribution >= 0.6 is 95.6 Å². The Morgan fingerprint density at radius 1 is 0.591 bits per heavy atom. The smallest absolute Gasteiger partial charge is 0.160 e. The summed E-state index contributed by atoms with van der Waals surface area (Å²) in [7, 11) is 0. The van der Waals surface area contributed by atoms with Crippen LogP contribution in [0, 0.1) is 0 Å². The summed E-state index contributed by atoms with van der Waals surface area (Å²) in [6.45, 7) is 0. The van der Waals surface area contributed by atoms with Crippen molar-refractivity contribution in [3.05, 3.63) is 47.5 Å². The van der Waals surface area contributed by atoms with E-state index in [9.17, 15) is 0 Å². The van der Waals surface area contributed by atoms with Crippen LogP contribution in [0.25, 0.3) is 11.1 Å². The number of nitrogens with two attached hydrogens (primary N) is 2. The van der Waals surface area contributed by atoms with E-state index in [1.165, 1.54) is 0 Å². The predicted octanol–water partition coefficient (Wildman–Crippen LogP) is 7.11. The number of hydrogen-bond acceptors (Lipinski definition) is 2. The third-order valence-electron chi connectivity index (χ3n) is 2.99. The molecule has 0 saturated carbocycles. The summed E-state index contributed by atoms with van der Waals surface area (Å²) < 4.78 is -1.13. The van der Waals surface area contributed by atoms with Crippen molar-refractivity contribution >= 4 is 107 Å². The number of hydrogen-bond donors (Lipinski definition) is 2. The number of nitrogen functional groups attached to an aromatic ring is 2. The molecule has 0 amide bonds. The fourth-order valence-corrected chi connectivity index (χ4v) is 4.14. The summed E-state index contributed by atoms with van der Waals surface area (Å²) in [5, 5.41) is 0. The van der Waals surface area contributed by atoms with Gasteiger partial charge in [0.1, 0.15) is 0 Å². The zero-order valence-corrected chi connectivity index (χ0v) is 20.4. The molecule has 0 radical (unpaired) electrons. The average Bonchev–Trinajstić information content (AvgIpc) is 2.35. The third-order valence-corrected chi connectivity index (χ3v) is 5.55. The van der Waals surface area contributed by atoms with Crippen LogP contribution in [0.1, 0.15) is 11.1 Å². The molecule has 0 aliphatic rings. The van der Waals surface area contributed by atoms with Gasteiger partial charge in [0.05, 0.1) is 0 Å². The molecule has 8 heteroatoms. The number of alkyl halides is 6. The first-order valence-electron chi connectivity index (χ1n) is 5.94. The number of halogens is 6. The van der Waals surface area contributed by atoms with Crippen LogP contribution in [0.5, 0.6) is 0 Å². The second-order valence-electron chi connectivity index (χ2n) is 4.61. The zero-order valence-electron chi connectivity index (χ0n) is 10.9. The Bertz CT molecular complexity index is 642. The van der Waals surface area contributed by atoms with Crippen molar-refractivity contribution in [1.82, 2.24) is 0 Å². The summed E-state index contributed by atoms with van der Waals surface area (Å²) in [5.41, 5.74) is 17.2. The van der Waals surface area contributed by atoms with Crippen molar-refractivity contribution in [2.75, 3.05) is 11.5 Å². The molecule has 2 aromatic carbocycles. The Morgan fingerprint density at radius 2 is 0.909 bits per heavy atom. The van der Waals surface area contributed by atoms with Gasteiger partial charge in [-0.3, -0.25) is 0 Å². The van der Waals surface area contributed by atoms with Gasteiger partial charge in [-0.05, 0) is 46.5 Å². The van der Waals surface area contributed by atoms with Crippen LogP contribution < -0.4 is 11.5 Å². The molecule has 0 aromatic heterocycles. The lowest BCUT2D eigenvalue weighted by Crippen LogP contribution is -2.07. The van der Waals surface area contributed by atoms with Gasteiger partial charge >= 0.3 is 0 Å². The minimum absolute atomic E-state index is 0.564. The first kappa shape index (κ1) is 19.2. The largest absolute Gasteiger partial charge is 0.399 e. The van der Waals surface area contributed by atoms with E-state index in [1.807, 2.05) is 36.4 Å². The summed E-state index contributed by atoms with van der Waals surface area (Å²) in [4.78, 5) is 0. The molecular weight excluding hydrogens is 676 g/mol. The van der Waals surface area contributed by atoms with Crippen molar-refractivity contribution in [2.45, 2.75) is 4.29 Å². The lowest BCUT2D eigenvalue weighted by molar-refractivity contribution is 1.32. The van der Waals surface area contributed by atoms with Gasteiger partial charge in [-0.1, -0.05) is 108 Å². The summed E-state index contributed by atoms with van der Waals surface area (Å²) in [6, 6.07) is 11.5. The monoisotopic (exact) mass is 680 g/mol. The number of anilines is 2. The van der Waals surface area contributed by atoms with E-state index in [1.54, 1.807) is 0 Å². The fourth-order valence-electron chi connectivity index (χ4n) is 2.06. The second kappa shape index (κ2) is 7.04. The molecule has 0 aliphatic carbocycles. The Balaban J connectivity index is 2.82. The number of benzene rings is 2. The van der Waals surface area contributed by atoms with Crippen molar-refractivity contribution in [1.29, 1.82) is 0 Å². The molecule has 2 rings (SSSR count). The molecule has 118 valence electrons. The first-order chi connectivity index (χ1) is 10.00. The molecule has 4 N–H and O–H groups in total. The molecule has 22 heavy (non-hydrogen) atoms. The van der Waals surface area contributed by atoms with Gasteiger partial charge in [0.2, 0.25) is 0 Å². The zero-order chi connectivity index (χ0) is 16.7. The highest BCUT2D eigenvalue weighted by Crippen LogP contribution is 2.53. The lowest BCUT2D eigenvalue weighted by Gasteiger charge is -2.23. The quantitative estimate of drug-likeness (QED) is 0.249. The third kappa shape index (κ3) is 4.51. The topological polar surface area (TPSA) is 52.0 Å². The lowest BCUT2D eigenvalue weighted by atomic mass is 9.95. The van der Waals surface area contributed by atoms with Gasteiger partial charge in [-0.25, -0.2) is 0 Å². The van der Waals surface area contributed by atoms with E-state index in [4.69, 9.17) is 11.5 Å². The van der Waals surface area contributed by atoms with Gasteiger partial charge in [0.25, 0.3) is 0 Å². The van der Waals surface area contributed by atoms with E-state index in [0.717, 1.165) is 22.3 Å². The average molecular weight is 686 g/mol. The SMILES string of the molecule is Nc1ccc(C(Br)(Br)Br)c(-c2cc(N)ccc2C(Br)(Br)Br)c1. The van der Waals surface area contributed by atoms with Crippen molar-refractivity contribution < 1.29 is 0 Å². The van der Waals surface area contributed by atoms with Crippen LogP contribution in [-0.2, 0) is 4.29 Å². The van der Waals surface area contributed by atoms with E-state index in [2.05, 4.69) is 95.6 Å². The van der Waals surface area contributed by atoms with Crippen LogP contribution in [0.15, 0.2) is 36.4 Å². The molecule has 0 atom stereocenters. The van der Waals surface area contributed by atoms with Gasteiger partial charge < -0.3 is 11.5 Å². The van der Waals surface area contributed by atoms with Crippen LogP contribution in [0.3, 0.4) is 0 Å². The van der Waals surface area contributed by atoms with E-state index < -0.39 is 4.29 Å². The molecule has 0 fully saturated rings. The highest BCUT2D eigenvalue weighted by atomic mass is 80.0. The van der Waals surface area contributed by atoms with Gasteiger partial charge in [0, 0.05) is 11.4 Å². The van der Waals surface area contributed by atoms with Crippen LogP contribution in [-0.4, -0.2) is 0 Å². The molecule has 0 spiro atoms. The summed E-state index contributed by atoms with van der Waals surface area (Å²) in [5.74, 6) is 0. The highest BCUT2D eigenvalue weighted by Gasteiger charge is 2.30. The maximum Gasteiger partial charge on any atom is 0.160 e. The first-order valence-corrected chi connectivity index (χ1v) is 10.7. The number of rotatable bonds is 1. The van der Waals surface area contributed by atoms with Crippen LogP contribution in [0.4, 0.5) is 11.4 Å². The van der Waals surface area contributed by atoms with Crippen molar-refractivity contribution in [3.63, 3.8) is 0 Å². The van der Waals surface area contributed by atoms with Gasteiger partial charge in [-0.2, -0.15) is 0 Å². The molecule has 0 heterocycles. The Morgan fingerprint density at radius 3 is 1.18 bits per heavy atom. The standard InChI is InChI=1S/C14H10Br6N2/c15-13(16,17)11-3-1-7(21)5-9(11)10-6-8(22)2-4-12(10)14(18,19)20/h1-6H,21-22H2. The molecule has 0 unspecified atom stereocenters. The normalized spacial score (nSPS) is 12.5. The van der Waals surface area contributed by atoms with Gasteiger partial charge in [0.15, 0.2) is 4.29 Å². The van der Waals surface area contributed by atoms with Crippen LogP contribution in [0.2, 0.25) is 0 Å². The Labute approximate surface area is 179 Å². The van der Waals surface area contributed by atoms with E-state index >= 15 is 0 Å². The maximum absolute atomic E-state index is 5.99. The molecule has 2 nitrogen and oxygen atoms in total. The van der Waals surface area contributed by atoms with E-state index in [0.29, 0.717) is 11.4 Å². The van der Waals surface area contributed by atoms with Gasteiger partial charge in [-0.15, -0.1) is 0 Å². The Hall–Kier alpha value is 0.920. The van der Waals surface area contributed by atoms with Crippen molar-refractivity contribution in [3.8, 4) is 11.1 Å². The molecule has 0 saturated heterocycles. The van der Waals surface area contributed by atoms with E-state index in [-0.39, 0.29) is 0 Å². The Kier molecular flexibility index (Phi) is 6.16. The second-order valence-corrected chi connectivity index (χ2v) is 18.1. The molecule has 2 aromatic rings.